The molecule has 0 fully saturated rings. The molecule has 0 spiro atoms. The SMILES string of the molecule is CCCCCC[N+](C)(CCO)CCCCC.[I-]. The first-order valence-electron chi connectivity index (χ1n) is 7.13. The average Bonchev–Trinajstić information content (AvgIpc) is 2.25. The van der Waals surface area contributed by atoms with Crippen LogP contribution in [0.3, 0.4) is 0 Å². The third kappa shape index (κ3) is 11.5. The summed E-state index contributed by atoms with van der Waals surface area (Å²) >= 11 is 0. The molecule has 0 bridgehead atoms. The molecule has 0 aliphatic rings. The fourth-order valence-electron chi connectivity index (χ4n) is 2.24. The zero-order valence-corrected chi connectivity index (χ0v) is 14.2. The van der Waals surface area contributed by atoms with Gasteiger partial charge in [0.05, 0.1) is 26.7 Å². The van der Waals surface area contributed by atoms with Crippen LogP contribution in [0.2, 0.25) is 0 Å². The summed E-state index contributed by atoms with van der Waals surface area (Å²) in [7, 11) is 2.30. The van der Waals surface area contributed by atoms with Gasteiger partial charge in [-0.3, -0.25) is 0 Å². The third-order valence-electron chi connectivity index (χ3n) is 3.49. The van der Waals surface area contributed by atoms with Gasteiger partial charge < -0.3 is 33.6 Å². The van der Waals surface area contributed by atoms with Gasteiger partial charge in [0.25, 0.3) is 0 Å². The van der Waals surface area contributed by atoms with Gasteiger partial charge >= 0.3 is 0 Å². The van der Waals surface area contributed by atoms with Gasteiger partial charge in [-0.15, -0.1) is 0 Å². The van der Waals surface area contributed by atoms with Gasteiger partial charge in [-0.2, -0.15) is 0 Å². The Kier molecular flexibility index (Phi) is 15.4. The molecule has 0 saturated carbocycles. The third-order valence-corrected chi connectivity index (χ3v) is 3.49. The average molecular weight is 357 g/mol. The minimum absolute atomic E-state index is 0. The predicted octanol–water partition coefficient (Wildman–Crippen LogP) is 0.200. The van der Waals surface area contributed by atoms with Crippen molar-refractivity contribution in [3.05, 3.63) is 0 Å². The number of quaternary nitrogens is 1. The zero-order chi connectivity index (χ0) is 12.3. The molecule has 0 aliphatic carbocycles. The Hall–Kier alpha value is 0.650. The summed E-state index contributed by atoms with van der Waals surface area (Å²) < 4.78 is 1.07. The van der Waals surface area contributed by atoms with Gasteiger partial charge in [0, 0.05) is 0 Å². The van der Waals surface area contributed by atoms with Crippen molar-refractivity contribution in [1.29, 1.82) is 0 Å². The highest BCUT2D eigenvalue weighted by molar-refractivity contribution is 4.45. The second kappa shape index (κ2) is 13.1. The van der Waals surface area contributed by atoms with E-state index in [-0.39, 0.29) is 24.0 Å². The van der Waals surface area contributed by atoms with Crippen molar-refractivity contribution in [3.8, 4) is 0 Å². The Balaban J connectivity index is 0. The molecule has 1 unspecified atom stereocenters. The Morgan fingerprint density at radius 3 is 1.71 bits per heavy atom. The van der Waals surface area contributed by atoms with E-state index in [0.717, 1.165) is 11.0 Å². The van der Waals surface area contributed by atoms with Crippen LogP contribution < -0.4 is 24.0 Å². The van der Waals surface area contributed by atoms with E-state index >= 15 is 0 Å². The summed E-state index contributed by atoms with van der Waals surface area (Å²) in [5, 5.41) is 9.15. The number of rotatable bonds is 11. The van der Waals surface area contributed by atoms with Crippen LogP contribution in [-0.2, 0) is 0 Å². The lowest BCUT2D eigenvalue weighted by Crippen LogP contribution is -3.00. The van der Waals surface area contributed by atoms with E-state index in [1.54, 1.807) is 0 Å². The number of halogens is 1. The molecule has 1 atom stereocenters. The monoisotopic (exact) mass is 357 g/mol. The van der Waals surface area contributed by atoms with Gasteiger partial charge in [-0.1, -0.05) is 33.1 Å². The van der Waals surface area contributed by atoms with Crippen LogP contribution in [0, 0.1) is 0 Å². The first-order valence-corrected chi connectivity index (χ1v) is 7.13. The van der Waals surface area contributed by atoms with E-state index in [2.05, 4.69) is 20.9 Å². The molecule has 0 aromatic rings. The highest BCUT2D eigenvalue weighted by Gasteiger charge is 2.19. The second-order valence-corrected chi connectivity index (χ2v) is 5.28. The summed E-state index contributed by atoms with van der Waals surface area (Å²) in [4.78, 5) is 0. The molecule has 0 rings (SSSR count). The molecule has 0 aromatic heterocycles. The summed E-state index contributed by atoms with van der Waals surface area (Å²) in [5.74, 6) is 0. The maximum atomic E-state index is 9.15. The number of hydrogen-bond donors (Lipinski definition) is 1. The molecule has 2 nitrogen and oxygen atoms in total. The fraction of sp³-hybridized carbons (Fsp3) is 1.00. The fourth-order valence-corrected chi connectivity index (χ4v) is 2.24. The van der Waals surface area contributed by atoms with Gasteiger partial charge in [0.2, 0.25) is 0 Å². The van der Waals surface area contributed by atoms with Gasteiger partial charge in [0.1, 0.15) is 6.54 Å². The molecule has 0 saturated heterocycles. The zero-order valence-electron chi connectivity index (χ0n) is 12.1. The molecule has 3 heteroatoms. The van der Waals surface area contributed by atoms with E-state index in [0.29, 0.717) is 6.61 Å². The first-order chi connectivity index (χ1) is 7.68. The van der Waals surface area contributed by atoms with Crippen molar-refractivity contribution in [2.24, 2.45) is 0 Å². The first kappa shape index (κ1) is 20.0. The minimum Gasteiger partial charge on any atom is -1.00 e. The van der Waals surface area contributed by atoms with E-state index in [9.17, 15) is 0 Å². The lowest BCUT2D eigenvalue weighted by atomic mass is 10.1. The summed E-state index contributed by atoms with van der Waals surface area (Å²) in [6.07, 6.45) is 9.25. The Morgan fingerprint density at radius 1 is 0.765 bits per heavy atom. The number of likely N-dealkylation sites (N-methyl/N-ethyl adjacent to an activating group) is 1. The molecule has 1 N–H and O–H groups in total. The van der Waals surface area contributed by atoms with Gasteiger partial charge in [-0.25, -0.2) is 0 Å². The maximum Gasteiger partial charge on any atom is 0.102 e. The lowest BCUT2D eigenvalue weighted by Gasteiger charge is -2.34. The predicted molar refractivity (Wildman–Crippen MR) is 71.5 cm³/mol. The molecule has 0 heterocycles. The summed E-state index contributed by atoms with van der Waals surface area (Å²) in [5.41, 5.74) is 0. The molecule has 0 aromatic carbocycles. The van der Waals surface area contributed by atoms with Crippen molar-refractivity contribution in [1.82, 2.24) is 0 Å². The van der Waals surface area contributed by atoms with Crippen LogP contribution in [-0.4, -0.2) is 42.9 Å². The van der Waals surface area contributed by atoms with Crippen molar-refractivity contribution >= 4 is 0 Å². The topological polar surface area (TPSA) is 20.2 Å². The van der Waals surface area contributed by atoms with Crippen LogP contribution in [0.5, 0.6) is 0 Å². The quantitative estimate of drug-likeness (QED) is 0.318. The highest BCUT2D eigenvalue weighted by atomic mass is 127. The minimum atomic E-state index is 0. The van der Waals surface area contributed by atoms with Crippen molar-refractivity contribution in [3.63, 3.8) is 0 Å². The molecule has 17 heavy (non-hydrogen) atoms. The standard InChI is InChI=1S/C14H32NO.HI/c1-4-6-8-10-12-15(3,13-14-16)11-9-7-5-2;/h16H,4-14H2,1-3H3;1H/q+1;/p-1. The van der Waals surface area contributed by atoms with Crippen molar-refractivity contribution in [2.75, 3.05) is 33.3 Å². The van der Waals surface area contributed by atoms with Crippen molar-refractivity contribution < 1.29 is 33.6 Å². The number of aliphatic hydroxyl groups is 1. The summed E-state index contributed by atoms with van der Waals surface area (Å²) in [6.45, 7) is 8.23. The molecule has 0 amide bonds. The Labute approximate surface area is 125 Å². The largest absolute Gasteiger partial charge is 1.00 e. The van der Waals surface area contributed by atoms with Gasteiger partial charge in [-0.05, 0) is 25.7 Å². The molecule has 0 radical (unpaired) electrons. The van der Waals surface area contributed by atoms with E-state index in [4.69, 9.17) is 5.11 Å². The number of nitrogens with zero attached hydrogens (tertiary/aromatic N) is 1. The number of aliphatic hydroxyl groups excluding tert-OH is 1. The second-order valence-electron chi connectivity index (χ2n) is 5.28. The Morgan fingerprint density at radius 2 is 1.24 bits per heavy atom. The smallest absolute Gasteiger partial charge is 0.102 e. The van der Waals surface area contributed by atoms with Crippen LogP contribution in [0.25, 0.3) is 0 Å². The molecule has 106 valence electrons. The highest BCUT2D eigenvalue weighted by Crippen LogP contribution is 2.10. The Bertz CT molecular complexity index is 155. The lowest BCUT2D eigenvalue weighted by molar-refractivity contribution is -0.910. The summed E-state index contributed by atoms with van der Waals surface area (Å²) in [6, 6.07) is 0. The van der Waals surface area contributed by atoms with Crippen molar-refractivity contribution in [2.45, 2.75) is 58.8 Å². The van der Waals surface area contributed by atoms with E-state index < -0.39 is 0 Å². The van der Waals surface area contributed by atoms with Gasteiger partial charge in [0.15, 0.2) is 0 Å². The molecular weight excluding hydrogens is 325 g/mol. The van der Waals surface area contributed by atoms with Crippen LogP contribution >= 0.6 is 0 Å². The van der Waals surface area contributed by atoms with E-state index in [1.807, 2.05) is 0 Å². The normalized spacial score (nSPS) is 14.1. The van der Waals surface area contributed by atoms with Crippen LogP contribution in [0.4, 0.5) is 0 Å². The number of unbranched alkanes of at least 4 members (excludes halogenated alkanes) is 5. The van der Waals surface area contributed by atoms with Crippen LogP contribution in [0.1, 0.15) is 58.8 Å². The van der Waals surface area contributed by atoms with Crippen LogP contribution in [0.15, 0.2) is 0 Å². The molecule has 0 aliphatic heterocycles. The number of hydrogen-bond acceptors (Lipinski definition) is 1. The maximum absolute atomic E-state index is 9.15. The molecular formula is C14H32INO. The van der Waals surface area contributed by atoms with E-state index in [1.165, 1.54) is 58.0 Å².